The number of hydrogen-bond acceptors (Lipinski definition) is 9. The lowest BCUT2D eigenvalue weighted by molar-refractivity contribution is 0.312. The Kier molecular flexibility index (Phi) is 10.6. The summed E-state index contributed by atoms with van der Waals surface area (Å²) < 4.78 is 7.05. The molecule has 0 aliphatic carbocycles. The highest BCUT2D eigenvalue weighted by atomic mass is 16.5. The van der Waals surface area contributed by atoms with Crippen molar-refractivity contribution < 1.29 is 4.74 Å². The van der Waals surface area contributed by atoms with E-state index >= 15 is 0 Å². The standard InChI is InChI=1S/C34H38N8O2/c1-6-13-30(36)39-23(4)28(19-35)24(5)41(18-7-2)22-31-40-29-17-12-16-27(25-20-37-34(38-21-25)44-8-3)32(29)33(43)42(31)26-14-10-9-11-15-26/h9-17,20-21H,6-8,18,22,36H2,1-5H3/b28-24+,30-13-,39-23-. The van der Waals surface area contributed by atoms with Gasteiger partial charge in [-0.1, -0.05) is 44.2 Å². The molecule has 0 atom stereocenters. The summed E-state index contributed by atoms with van der Waals surface area (Å²) in [6.45, 7) is 11.0. The molecule has 2 heterocycles. The number of fused-ring (bicyclic) bond motifs is 1. The molecule has 10 nitrogen and oxygen atoms in total. The highest BCUT2D eigenvalue weighted by Crippen LogP contribution is 2.27. The Morgan fingerprint density at radius 1 is 1.09 bits per heavy atom. The zero-order valence-corrected chi connectivity index (χ0v) is 25.9. The zero-order valence-electron chi connectivity index (χ0n) is 25.9. The summed E-state index contributed by atoms with van der Waals surface area (Å²) in [5.74, 6) is 0.911. The van der Waals surface area contributed by atoms with E-state index in [2.05, 4.69) is 32.9 Å². The molecule has 0 spiro atoms. The fourth-order valence-electron chi connectivity index (χ4n) is 5.02. The molecule has 0 radical (unpaired) electrons. The van der Waals surface area contributed by atoms with E-state index in [0.29, 0.717) is 63.8 Å². The van der Waals surface area contributed by atoms with Gasteiger partial charge in [0.1, 0.15) is 17.7 Å². The molecule has 0 amide bonds. The fraction of sp³-hybridized carbons (Fsp3) is 0.294. The second-order valence-electron chi connectivity index (χ2n) is 10.1. The molecule has 10 heteroatoms. The van der Waals surface area contributed by atoms with Gasteiger partial charge in [-0.05, 0) is 63.5 Å². The molecule has 2 aromatic heterocycles. The number of allylic oxidation sites excluding steroid dienone is 3. The monoisotopic (exact) mass is 590 g/mol. The second-order valence-corrected chi connectivity index (χ2v) is 10.1. The summed E-state index contributed by atoms with van der Waals surface area (Å²) in [6.07, 6.45) is 6.67. The third-order valence-corrected chi connectivity index (χ3v) is 7.04. The van der Waals surface area contributed by atoms with Crippen LogP contribution >= 0.6 is 0 Å². The summed E-state index contributed by atoms with van der Waals surface area (Å²) in [5, 5.41) is 10.6. The Balaban J connectivity index is 1.91. The molecule has 0 saturated carbocycles. The maximum Gasteiger partial charge on any atom is 0.316 e. The van der Waals surface area contributed by atoms with Gasteiger partial charge >= 0.3 is 6.01 Å². The minimum atomic E-state index is -0.213. The van der Waals surface area contributed by atoms with Gasteiger partial charge in [0.25, 0.3) is 5.56 Å². The number of nitriles is 1. The number of aromatic nitrogens is 4. The van der Waals surface area contributed by atoms with E-state index in [1.807, 2.05) is 75.4 Å². The zero-order chi connectivity index (χ0) is 31.6. The molecule has 0 fully saturated rings. The Morgan fingerprint density at radius 3 is 2.45 bits per heavy atom. The summed E-state index contributed by atoms with van der Waals surface area (Å²) in [4.78, 5) is 34.6. The van der Waals surface area contributed by atoms with Gasteiger partial charge in [-0.3, -0.25) is 9.36 Å². The SMILES string of the molecule is CC\C=C(N)/N=C(C)\C(C#N)=C(/C)N(CCC)Cc1nc2cccc(-c3cnc(OCC)nc3)c2c(=O)n1-c1ccccc1. The number of benzene rings is 2. The summed E-state index contributed by atoms with van der Waals surface area (Å²) in [6, 6.07) is 17.6. The van der Waals surface area contributed by atoms with Crippen molar-refractivity contribution in [2.75, 3.05) is 13.2 Å². The van der Waals surface area contributed by atoms with Gasteiger partial charge in [0, 0.05) is 30.2 Å². The van der Waals surface area contributed by atoms with Crippen LogP contribution in [0.15, 0.2) is 93.9 Å². The van der Waals surface area contributed by atoms with E-state index in [0.717, 1.165) is 18.5 Å². The normalized spacial score (nSPS) is 12.5. The predicted molar refractivity (Wildman–Crippen MR) is 174 cm³/mol. The van der Waals surface area contributed by atoms with Crippen LogP contribution in [0, 0.1) is 11.3 Å². The van der Waals surface area contributed by atoms with Gasteiger partial charge in [0.2, 0.25) is 0 Å². The molecule has 4 aromatic rings. The van der Waals surface area contributed by atoms with Crippen molar-refractivity contribution in [1.29, 1.82) is 5.26 Å². The van der Waals surface area contributed by atoms with Crippen molar-refractivity contribution in [3.05, 3.63) is 100 Å². The van der Waals surface area contributed by atoms with Crippen LogP contribution in [0.3, 0.4) is 0 Å². The molecule has 226 valence electrons. The van der Waals surface area contributed by atoms with Crippen LogP contribution in [0.5, 0.6) is 6.01 Å². The van der Waals surface area contributed by atoms with Gasteiger partial charge in [-0.15, -0.1) is 0 Å². The minimum Gasteiger partial charge on any atom is -0.464 e. The number of nitrogens with zero attached hydrogens (tertiary/aromatic N) is 7. The summed E-state index contributed by atoms with van der Waals surface area (Å²) in [5.41, 5.74) is 10.1. The van der Waals surface area contributed by atoms with Crippen LogP contribution in [0.2, 0.25) is 0 Å². The first-order chi connectivity index (χ1) is 21.3. The number of nitrogens with two attached hydrogens (primary N) is 1. The smallest absolute Gasteiger partial charge is 0.316 e. The van der Waals surface area contributed by atoms with Crippen LogP contribution in [-0.4, -0.2) is 43.3 Å². The van der Waals surface area contributed by atoms with Crippen LogP contribution in [-0.2, 0) is 6.54 Å². The molecule has 2 N–H and O–H groups in total. The average Bonchev–Trinajstić information content (AvgIpc) is 3.02. The molecular formula is C34H38N8O2. The summed E-state index contributed by atoms with van der Waals surface area (Å²) >= 11 is 0. The van der Waals surface area contributed by atoms with Crippen molar-refractivity contribution >= 4 is 16.6 Å². The average molecular weight is 591 g/mol. The number of hydrogen-bond donors (Lipinski definition) is 1. The third-order valence-electron chi connectivity index (χ3n) is 7.04. The van der Waals surface area contributed by atoms with Crippen molar-refractivity contribution in [3.8, 4) is 28.9 Å². The van der Waals surface area contributed by atoms with E-state index in [1.165, 1.54) is 0 Å². The van der Waals surface area contributed by atoms with E-state index < -0.39 is 0 Å². The predicted octanol–water partition coefficient (Wildman–Crippen LogP) is 5.92. The van der Waals surface area contributed by atoms with Crippen molar-refractivity contribution in [3.63, 3.8) is 0 Å². The van der Waals surface area contributed by atoms with E-state index in [4.69, 9.17) is 15.5 Å². The van der Waals surface area contributed by atoms with Gasteiger partial charge < -0.3 is 15.4 Å². The highest BCUT2D eigenvalue weighted by Gasteiger charge is 2.21. The molecule has 0 aliphatic rings. The van der Waals surface area contributed by atoms with Crippen LogP contribution < -0.4 is 16.0 Å². The Bertz CT molecular complexity index is 1800. The van der Waals surface area contributed by atoms with Crippen molar-refractivity contribution in [2.24, 2.45) is 10.7 Å². The van der Waals surface area contributed by atoms with Crippen LogP contribution in [0.25, 0.3) is 27.7 Å². The quantitative estimate of drug-likeness (QED) is 0.159. The van der Waals surface area contributed by atoms with Crippen molar-refractivity contribution in [1.82, 2.24) is 24.4 Å². The van der Waals surface area contributed by atoms with Gasteiger partial charge in [0.15, 0.2) is 0 Å². The van der Waals surface area contributed by atoms with E-state index in [1.54, 1.807) is 23.9 Å². The molecule has 0 saturated heterocycles. The molecule has 0 unspecified atom stereocenters. The van der Waals surface area contributed by atoms with E-state index in [-0.39, 0.29) is 18.1 Å². The molecule has 0 aliphatic heterocycles. The number of para-hydroxylation sites is 1. The van der Waals surface area contributed by atoms with Crippen LogP contribution in [0.1, 0.15) is 53.3 Å². The van der Waals surface area contributed by atoms with Crippen molar-refractivity contribution in [2.45, 2.75) is 54.0 Å². The van der Waals surface area contributed by atoms with Gasteiger partial charge in [-0.2, -0.15) is 5.26 Å². The molecule has 0 bridgehead atoms. The lowest BCUT2D eigenvalue weighted by Crippen LogP contribution is -2.31. The Labute approximate surface area is 257 Å². The first-order valence-electron chi connectivity index (χ1n) is 14.7. The van der Waals surface area contributed by atoms with Gasteiger partial charge in [0.05, 0.1) is 41.0 Å². The summed E-state index contributed by atoms with van der Waals surface area (Å²) in [7, 11) is 0. The minimum absolute atomic E-state index is 0.213. The lowest BCUT2D eigenvalue weighted by Gasteiger charge is -2.27. The maximum absolute atomic E-state index is 14.4. The Hall–Kier alpha value is -5.30. The topological polar surface area (TPSA) is 135 Å². The molecule has 4 rings (SSSR count). The first-order valence-corrected chi connectivity index (χ1v) is 14.7. The molecule has 44 heavy (non-hydrogen) atoms. The number of ether oxygens (including phenoxy) is 1. The number of aliphatic imine (C=N–C) groups is 1. The Morgan fingerprint density at radius 2 is 1.82 bits per heavy atom. The highest BCUT2D eigenvalue weighted by molar-refractivity contribution is 6.02. The van der Waals surface area contributed by atoms with E-state index in [9.17, 15) is 10.1 Å². The number of rotatable bonds is 12. The second kappa shape index (κ2) is 14.7. The maximum atomic E-state index is 14.4. The van der Waals surface area contributed by atoms with Gasteiger partial charge in [-0.25, -0.2) is 19.9 Å². The lowest BCUT2D eigenvalue weighted by atomic mass is 10.0. The first kappa shape index (κ1) is 31.6. The third kappa shape index (κ3) is 7.01. The molecular weight excluding hydrogens is 552 g/mol. The molecule has 2 aromatic carbocycles. The van der Waals surface area contributed by atoms with Crippen LogP contribution in [0.4, 0.5) is 0 Å². The fourth-order valence-corrected chi connectivity index (χ4v) is 5.02. The largest absolute Gasteiger partial charge is 0.464 e.